The van der Waals surface area contributed by atoms with Crippen LogP contribution in [0.15, 0.2) is 28.1 Å². The van der Waals surface area contributed by atoms with Gasteiger partial charge in [-0.3, -0.25) is 9.79 Å². The summed E-state index contributed by atoms with van der Waals surface area (Å²) in [6.07, 6.45) is 1.95. The quantitative estimate of drug-likeness (QED) is 0.338. The maximum Gasteiger partial charge on any atom is 0.305 e. The first-order valence-electron chi connectivity index (χ1n) is 9.20. The molecule has 0 aliphatic heterocycles. The van der Waals surface area contributed by atoms with Gasteiger partial charge in [-0.1, -0.05) is 13.8 Å². The zero-order valence-corrected chi connectivity index (χ0v) is 17.7. The summed E-state index contributed by atoms with van der Waals surface area (Å²) in [5, 5.41) is 0. The number of ether oxygens (including phenoxy) is 1. The van der Waals surface area contributed by atoms with Gasteiger partial charge in [0.15, 0.2) is 0 Å². The molecule has 1 atom stereocenters. The Balaban J connectivity index is 2.72. The average Bonchev–Trinajstić information content (AvgIpc) is 2.57. The second-order valence-electron chi connectivity index (χ2n) is 6.80. The van der Waals surface area contributed by atoms with Gasteiger partial charge < -0.3 is 4.74 Å². The van der Waals surface area contributed by atoms with E-state index in [4.69, 9.17) is 4.74 Å². The number of hydrogen-bond donors (Lipinski definition) is 0. The molecule has 0 saturated heterocycles. The SMILES string of the molecule is CCOC(=O)CCCCN(C)S(=O)c1ccc(N=C(C)C)c(C(C)C)c1. The Hall–Kier alpha value is -1.53. The van der Waals surface area contributed by atoms with E-state index in [1.807, 2.05) is 43.4 Å². The summed E-state index contributed by atoms with van der Waals surface area (Å²) in [5.41, 5.74) is 3.05. The third-order valence-corrected chi connectivity index (χ3v) is 5.26. The fraction of sp³-hybridized carbons (Fsp3) is 0.600. The summed E-state index contributed by atoms with van der Waals surface area (Å²) < 4.78 is 19.5. The van der Waals surface area contributed by atoms with Gasteiger partial charge in [-0.2, -0.15) is 0 Å². The van der Waals surface area contributed by atoms with Gasteiger partial charge in [-0.15, -0.1) is 0 Å². The van der Waals surface area contributed by atoms with Crippen LogP contribution in [0.4, 0.5) is 5.69 Å². The van der Waals surface area contributed by atoms with Crippen LogP contribution in [-0.2, 0) is 20.5 Å². The maximum atomic E-state index is 12.8. The Bertz CT molecular complexity index is 652. The van der Waals surface area contributed by atoms with Crippen molar-refractivity contribution in [2.45, 2.75) is 64.7 Å². The Labute approximate surface area is 160 Å². The van der Waals surface area contributed by atoms with Crippen LogP contribution in [0.2, 0.25) is 0 Å². The minimum atomic E-state index is -1.22. The number of hydrogen-bond acceptors (Lipinski definition) is 4. The second kappa shape index (κ2) is 11.2. The van der Waals surface area contributed by atoms with Crippen LogP contribution in [0.1, 0.15) is 65.4 Å². The third kappa shape index (κ3) is 7.38. The number of aliphatic imine (C=N–C) groups is 1. The largest absolute Gasteiger partial charge is 0.466 e. The van der Waals surface area contributed by atoms with E-state index >= 15 is 0 Å². The number of carbonyl (C=O) groups is 1. The third-order valence-electron chi connectivity index (χ3n) is 3.86. The van der Waals surface area contributed by atoms with Gasteiger partial charge in [0, 0.05) is 25.7 Å². The van der Waals surface area contributed by atoms with Crippen LogP contribution in [-0.4, -0.2) is 40.4 Å². The van der Waals surface area contributed by atoms with Crippen LogP contribution < -0.4 is 0 Å². The second-order valence-corrected chi connectivity index (χ2v) is 8.39. The molecule has 0 aliphatic carbocycles. The minimum absolute atomic E-state index is 0.166. The summed E-state index contributed by atoms with van der Waals surface area (Å²) >= 11 is 0. The van der Waals surface area contributed by atoms with Gasteiger partial charge in [-0.25, -0.2) is 8.51 Å². The number of esters is 1. The Kier molecular flexibility index (Phi) is 9.73. The molecule has 0 saturated carbocycles. The molecule has 26 heavy (non-hydrogen) atoms. The van der Waals surface area contributed by atoms with Crippen molar-refractivity contribution < 1.29 is 13.7 Å². The van der Waals surface area contributed by atoms with Crippen molar-refractivity contribution in [2.75, 3.05) is 20.2 Å². The highest BCUT2D eigenvalue weighted by Crippen LogP contribution is 2.29. The van der Waals surface area contributed by atoms with Gasteiger partial charge in [0.2, 0.25) is 0 Å². The molecule has 0 N–H and O–H groups in total. The van der Waals surface area contributed by atoms with Gasteiger partial charge >= 0.3 is 5.97 Å². The van der Waals surface area contributed by atoms with E-state index in [2.05, 4.69) is 18.8 Å². The summed E-state index contributed by atoms with van der Waals surface area (Å²) in [6.45, 7) is 11.1. The lowest BCUT2D eigenvalue weighted by Crippen LogP contribution is -2.23. The lowest BCUT2D eigenvalue weighted by Gasteiger charge is -2.18. The van der Waals surface area contributed by atoms with Crippen LogP contribution in [0, 0.1) is 0 Å². The van der Waals surface area contributed by atoms with E-state index < -0.39 is 11.0 Å². The lowest BCUT2D eigenvalue weighted by atomic mass is 10.0. The first-order chi connectivity index (χ1) is 12.3. The van der Waals surface area contributed by atoms with Gasteiger partial charge in [0.25, 0.3) is 0 Å². The fourth-order valence-corrected chi connectivity index (χ4v) is 3.61. The van der Waals surface area contributed by atoms with Gasteiger partial charge in [-0.05, 0) is 63.3 Å². The molecule has 0 bridgehead atoms. The molecule has 0 spiro atoms. The summed E-state index contributed by atoms with van der Waals surface area (Å²) in [4.78, 5) is 16.7. The van der Waals surface area contributed by atoms with E-state index in [-0.39, 0.29) is 5.97 Å². The molecular formula is C20H32N2O3S. The molecular weight excluding hydrogens is 348 g/mol. The highest BCUT2D eigenvalue weighted by atomic mass is 32.2. The molecule has 0 heterocycles. The monoisotopic (exact) mass is 380 g/mol. The van der Waals surface area contributed by atoms with Gasteiger partial charge in [0.1, 0.15) is 11.0 Å². The summed E-state index contributed by atoms with van der Waals surface area (Å²) in [7, 11) is 0.620. The summed E-state index contributed by atoms with van der Waals surface area (Å²) in [5.74, 6) is 0.139. The van der Waals surface area contributed by atoms with Crippen LogP contribution in [0.5, 0.6) is 0 Å². The Morgan fingerprint density at radius 1 is 1.27 bits per heavy atom. The van der Waals surface area contributed by atoms with Crippen molar-refractivity contribution in [1.82, 2.24) is 4.31 Å². The minimum Gasteiger partial charge on any atom is -0.466 e. The highest BCUT2D eigenvalue weighted by Gasteiger charge is 2.15. The molecule has 146 valence electrons. The van der Waals surface area contributed by atoms with Crippen molar-refractivity contribution in [3.05, 3.63) is 23.8 Å². The van der Waals surface area contributed by atoms with Crippen LogP contribution in [0.3, 0.4) is 0 Å². The van der Waals surface area contributed by atoms with E-state index in [0.29, 0.717) is 25.5 Å². The fourth-order valence-electron chi connectivity index (χ4n) is 2.55. The lowest BCUT2D eigenvalue weighted by molar-refractivity contribution is -0.143. The van der Waals surface area contributed by atoms with Crippen molar-refractivity contribution in [1.29, 1.82) is 0 Å². The molecule has 0 radical (unpaired) electrons. The van der Waals surface area contributed by atoms with Crippen molar-refractivity contribution in [2.24, 2.45) is 4.99 Å². The average molecular weight is 381 g/mol. The van der Waals surface area contributed by atoms with Crippen molar-refractivity contribution in [3.8, 4) is 0 Å². The predicted octanol–water partition coefficient (Wildman–Crippen LogP) is 4.61. The zero-order chi connectivity index (χ0) is 19.7. The molecule has 5 nitrogen and oxygen atoms in total. The number of benzene rings is 1. The zero-order valence-electron chi connectivity index (χ0n) is 16.9. The van der Waals surface area contributed by atoms with E-state index in [1.54, 1.807) is 6.92 Å². The van der Waals surface area contributed by atoms with Crippen LogP contribution in [0.25, 0.3) is 0 Å². The maximum absolute atomic E-state index is 12.8. The van der Waals surface area contributed by atoms with Crippen LogP contribution >= 0.6 is 0 Å². The molecule has 0 amide bonds. The number of carbonyl (C=O) groups excluding carboxylic acids is 1. The van der Waals surface area contributed by atoms with E-state index in [1.165, 1.54) is 0 Å². The highest BCUT2D eigenvalue weighted by molar-refractivity contribution is 7.82. The molecule has 1 aromatic rings. The molecule has 6 heteroatoms. The molecule has 0 aliphatic rings. The smallest absolute Gasteiger partial charge is 0.305 e. The molecule has 1 unspecified atom stereocenters. The van der Waals surface area contributed by atoms with Crippen molar-refractivity contribution >= 4 is 28.4 Å². The topological polar surface area (TPSA) is 59.0 Å². The summed E-state index contributed by atoms with van der Waals surface area (Å²) in [6, 6.07) is 5.83. The normalized spacial score (nSPS) is 12.3. The number of rotatable bonds is 10. The van der Waals surface area contributed by atoms with E-state index in [9.17, 15) is 9.00 Å². The predicted molar refractivity (Wildman–Crippen MR) is 108 cm³/mol. The number of nitrogens with zero attached hydrogens (tertiary/aromatic N) is 2. The first-order valence-corrected chi connectivity index (χ1v) is 10.3. The van der Waals surface area contributed by atoms with Crippen molar-refractivity contribution in [3.63, 3.8) is 0 Å². The van der Waals surface area contributed by atoms with E-state index in [0.717, 1.165) is 34.7 Å². The molecule has 0 fully saturated rings. The number of unbranched alkanes of at least 4 members (excludes halogenated alkanes) is 1. The molecule has 1 aromatic carbocycles. The molecule has 0 aromatic heterocycles. The molecule has 1 rings (SSSR count). The first kappa shape index (κ1) is 22.5. The Morgan fingerprint density at radius 2 is 1.96 bits per heavy atom. The Morgan fingerprint density at radius 3 is 2.54 bits per heavy atom. The van der Waals surface area contributed by atoms with Gasteiger partial charge in [0.05, 0.1) is 17.2 Å². The standard InChI is InChI=1S/C20H32N2O3S/c1-7-25-20(23)10-8-9-13-22(6)26(24)17-11-12-19(21-16(4)5)18(14-17)15(2)3/h11-12,14-15H,7-10,13H2,1-6H3.